The van der Waals surface area contributed by atoms with Crippen molar-refractivity contribution in [2.45, 2.75) is 38.9 Å². The zero-order chi connectivity index (χ0) is 14.0. The van der Waals surface area contributed by atoms with E-state index in [1.807, 2.05) is 34.0 Å². The summed E-state index contributed by atoms with van der Waals surface area (Å²) < 4.78 is 12.8. The molecule has 19 heavy (non-hydrogen) atoms. The molecule has 1 aliphatic heterocycles. The minimum Gasteiger partial charge on any atom is -0.485 e. The van der Waals surface area contributed by atoms with Gasteiger partial charge in [-0.15, -0.1) is 0 Å². The average Bonchev–Trinajstić information content (AvgIpc) is 2.86. The van der Waals surface area contributed by atoms with Crippen LogP contribution in [0, 0.1) is 0 Å². The number of carbonyl (C=O) groups excluding carboxylic acids is 1. The molecule has 0 N–H and O–H groups in total. The predicted molar refractivity (Wildman–Crippen MR) is 70.0 cm³/mol. The molecule has 106 valence electrons. The third-order valence-corrected chi connectivity index (χ3v) is 2.78. The molecular weight excluding hydrogens is 246 g/mol. The summed E-state index contributed by atoms with van der Waals surface area (Å²) in [6, 6.07) is 0. The van der Waals surface area contributed by atoms with Gasteiger partial charge in [-0.3, -0.25) is 4.68 Å². The number of ether oxygens (including phenoxy) is 2. The Hall–Kier alpha value is -1.72. The molecule has 1 aliphatic rings. The number of likely N-dealkylation sites (tertiary alicyclic amines) is 1. The van der Waals surface area contributed by atoms with Crippen LogP contribution < -0.4 is 4.74 Å². The van der Waals surface area contributed by atoms with E-state index in [-0.39, 0.29) is 12.2 Å². The molecule has 0 spiro atoms. The Balaban J connectivity index is 1.84. The number of hydrogen-bond acceptors (Lipinski definition) is 4. The quantitative estimate of drug-likeness (QED) is 0.820. The normalized spacial score (nSPS) is 19.6. The van der Waals surface area contributed by atoms with E-state index in [4.69, 9.17) is 9.47 Å². The predicted octanol–water partition coefficient (Wildman–Crippen LogP) is 1.81. The van der Waals surface area contributed by atoms with Crippen LogP contribution in [0.15, 0.2) is 12.4 Å². The topological polar surface area (TPSA) is 56.6 Å². The maximum atomic E-state index is 11.9. The summed E-state index contributed by atoms with van der Waals surface area (Å²) in [6.07, 6.45) is 4.04. The van der Waals surface area contributed by atoms with Gasteiger partial charge in [0.2, 0.25) is 0 Å². The van der Waals surface area contributed by atoms with E-state index in [0.717, 1.165) is 12.2 Å². The van der Waals surface area contributed by atoms with Gasteiger partial charge in [-0.25, -0.2) is 4.79 Å². The van der Waals surface area contributed by atoms with Gasteiger partial charge in [-0.1, -0.05) is 0 Å². The Morgan fingerprint density at radius 3 is 2.79 bits per heavy atom. The highest BCUT2D eigenvalue weighted by Crippen LogP contribution is 2.19. The van der Waals surface area contributed by atoms with Crippen LogP contribution in [-0.4, -0.2) is 45.6 Å². The van der Waals surface area contributed by atoms with Crippen molar-refractivity contribution in [1.29, 1.82) is 0 Å². The van der Waals surface area contributed by atoms with Crippen LogP contribution >= 0.6 is 0 Å². The van der Waals surface area contributed by atoms with Crippen molar-refractivity contribution < 1.29 is 14.3 Å². The number of amides is 1. The van der Waals surface area contributed by atoms with Gasteiger partial charge in [0.25, 0.3) is 0 Å². The smallest absolute Gasteiger partial charge is 0.410 e. The lowest BCUT2D eigenvalue weighted by Crippen LogP contribution is -2.36. The maximum Gasteiger partial charge on any atom is 0.410 e. The van der Waals surface area contributed by atoms with E-state index < -0.39 is 5.60 Å². The molecule has 1 amide bonds. The third kappa shape index (κ3) is 3.87. The van der Waals surface area contributed by atoms with E-state index >= 15 is 0 Å². The van der Waals surface area contributed by atoms with Gasteiger partial charge in [0, 0.05) is 20.0 Å². The lowest BCUT2D eigenvalue weighted by molar-refractivity contribution is 0.0275. The molecule has 1 fully saturated rings. The minimum atomic E-state index is -0.459. The van der Waals surface area contributed by atoms with Crippen molar-refractivity contribution in [3.8, 4) is 5.75 Å². The highest BCUT2D eigenvalue weighted by Gasteiger charge is 2.30. The molecule has 1 aromatic rings. The Morgan fingerprint density at radius 1 is 1.47 bits per heavy atom. The number of hydrogen-bond donors (Lipinski definition) is 0. The van der Waals surface area contributed by atoms with Crippen molar-refractivity contribution in [1.82, 2.24) is 14.7 Å². The molecule has 1 aromatic heterocycles. The second-order valence-corrected chi connectivity index (χ2v) is 5.80. The lowest BCUT2D eigenvalue weighted by Gasteiger charge is -2.24. The van der Waals surface area contributed by atoms with Gasteiger partial charge in [0.1, 0.15) is 11.7 Å². The van der Waals surface area contributed by atoms with Gasteiger partial charge >= 0.3 is 6.09 Å². The van der Waals surface area contributed by atoms with Gasteiger partial charge in [0.05, 0.1) is 18.9 Å². The summed E-state index contributed by atoms with van der Waals surface area (Å²) in [5, 5.41) is 4.05. The summed E-state index contributed by atoms with van der Waals surface area (Å²) >= 11 is 0. The Bertz CT molecular complexity index is 450. The van der Waals surface area contributed by atoms with Crippen LogP contribution in [0.4, 0.5) is 4.79 Å². The van der Waals surface area contributed by atoms with E-state index in [0.29, 0.717) is 13.1 Å². The molecule has 0 unspecified atom stereocenters. The Morgan fingerprint density at radius 2 is 2.21 bits per heavy atom. The Labute approximate surface area is 113 Å². The second-order valence-electron chi connectivity index (χ2n) is 5.80. The Kier molecular flexibility index (Phi) is 3.68. The van der Waals surface area contributed by atoms with Crippen molar-refractivity contribution in [2.75, 3.05) is 13.1 Å². The fourth-order valence-corrected chi connectivity index (χ4v) is 1.97. The highest BCUT2D eigenvalue weighted by molar-refractivity contribution is 5.68. The van der Waals surface area contributed by atoms with Crippen LogP contribution in [-0.2, 0) is 11.8 Å². The van der Waals surface area contributed by atoms with Crippen LogP contribution in [0.1, 0.15) is 27.2 Å². The fraction of sp³-hybridized carbons (Fsp3) is 0.692. The average molecular weight is 267 g/mol. The zero-order valence-corrected chi connectivity index (χ0v) is 11.9. The highest BCUT2D eigenvalue weighted by atomic mass is 16.6. The number of nitrogens with zero attached hydrogens (tertiary/aromatic N) is 3. The van der Waals surface area contributed by atoms with Crippen molar-refractivity contribution in [3.05, 3.63) is 12.4 Å². The van der Waals surface area contributed by atoms with E-state index in [1.54, 1.807) is 15.8 Å². The lowest BCUT2D eigenvalue weighted by atomic mass is 10.2. The summed E-state index contributed by atoms with van der Waals surface area (Å²) in [4.78, 5) is 13.6. The molecular formula is C13H21N3O3. The number of aryl methyl sites for hydroxylation is 1. The molecule has 0 aliphatic carbocycles. The molecule has 1 atom stereocenters. The first-order valence-corrected chi connectivity index (χ1v) is 6.47. The third-order valence-electron chi connectivity index (χ3n) is 2.78. The first-order chi connectivity index (χ1) is 8.83. The van der Waals surface area contributed by atoms with Crippen LogP contribution in [0.3, 0.4) is 0 Å². The fourth-order valence-electron chi connectivity index (χ4n) is 1.97. The zero-order valence-electron chi connectivity index (χ0n) is 11.9. The van der Waals surface area contributed by atoms with E-state index in [2.05, 4.69) is 5.10 Å². The van der Waals surface area contributed by atoms with E-state index in [1.165, 1.54) is 0 Å². The maximum absolute atomic E-state index is 11.9. The second kappa shape index (κ2) is 5.11. The molecule has 1 saturated heterocycles. The molecule has 0 radical (unpaired) electrons. The van der Waals surface area contributed by atoms with Gasteiger partial charge in [0.15, 0.2) is 5.75 Å². The molecule has 6 nitrogen and oxygen atoms in total. The summed E-state index contributed by atoms with van der Waals surface area (Å²) in [5.41, 5.74) is -0.459. The minimum absolute atomic E-state index is 0.0109. The molecule has 0 bridgehead atoms. The van der Waals surface area contributed by atoms with Crippen LogP contribution in [0.5, 0.6) is 5.75 Å². The van der Waals surface area contributed by atoms with E-state index in [9.17, 15) is 4.79 Å². The monoisotopic (exact) mass is 267 g/mol. The van der Waals surface area contributed by atoms with Gasteiger partial charge in [-0.05, 0) is 20.8 Å². The largest absolute Gasteiger partial charge is 0.485 e. The molecule has 0 saturated carbocycles. The number of rotatable bonds is 2. The summed E-state index contributed by atoms with van der Waals surface area (Å²) in [7, 11) is 1.84. The first-order valence-electron chi connectivity index (χ1n) is 6.47. The van der Waals surface area contributed by atoms with Crippen molar-refractivity contribution in [3.63, 3.8) is 0 Å². The van der Waals surface area contributed by atoms with Crippen molar-refractivity contribution in [2.24, 2.45) is 7.05 Å². The van der Waals surface area contributed by atoms with Crippen molar-refractivity contribution >= 4 is 6.09 Å². The van der Waals surface area contributed by atoms with Crippen LogP contribution in [0.2, 0.25) is 0 Å². The SMILES string of the molecule is Cn1cc(O[C@@H]2CCN(C(=O)OC(C)(C)C)C2)cn1. The summed E-state index contributed by atoms with van der Waals surface area (Å²) in [5.74, 6) is 0.735. The van der Waals surface area contributed by atoms with Gasteiger partial charge < -0.3 is 14.4 Å². The summed E-state index contributed by atoms with van der Waals surface area (Å²) in [6.45, 7) is 6.82. The molecule has 6 heteroatoms. The first kappa shape index (κ1) is 13.7. The number of aromatic nitrogens is 2. The number of carbonyl (C=O) groups is 1. The van der Waals surface area contributed by atoms with Gasteiger partial charge in [-0.2, -0.15) is 5.10 Å². The molecule has 2 rings (SSSR count). The standard InChI is InChI=1S/C13H21N3O3/c1-13(2,3)19-12(17)16-6-5-10(9-16)18-11-7-14-15(4)8-11/h7-8,10H,5-6,9H2,1-4H3/t10-/m1/s1. The molecule has 2 heterocycles. The molecule has 0 aromatic carbocycles. The van der Waals surface area contributed by atoms with Crippen LogP contribution in [0.25, 0.3) is 0 Å².